The van der Waals surface area contributed by atoms with Gasteiger partial charge in [-0.05, 0) is 13.0 Å². The number of aliphatic hydroxyl groups excluding tert-OH is 2. The molecule has 1 aliphatic rings. The highest BCUT2D eigenvalue weighted by molar-refractivity contribution is 7.20. The second-order valence-electron chi connectivity index (χ2n) is 4.88. The minimum atomic E-state index is -0.846. The Balaban J connectivity index is 1.92. The van der Waals surface area contributed by atoms with Crippen molar-refractivity contribution in [2.45, 2.75) is 19.1 Å². The van der Waals surface area contributed by atoms with Crippen LogP contribution in [-0.2, 0) is 7.05 Å². The predicted molar refractivity (Wildman–Crippen MR) is 71.2 cm³/mol. The Bertz CT molecular complexity index is 603. The fourth-order valence-electron chi connectivity index (χ4n) is 2.40. The van der Waals surface area contributed by atoms with Gasteiger partial charge in [0.05, 0.1) is 22.8 Å². The Labute approximate surface area is 113 Å². The van der Waals surface area contributed by atoms with Crippen LogP contribution in [-0.4, -0.2) is 56.1 Å². The van der Waals surface area contributed by atoms with Crippen LogP contribution in [0.4, 0.5) is 0 Å². The van der Waals surface area contributed by atoms with E-state index in [1.54, 1.807) is 4.68 Å². The molecule has 2 atom stereocenters. The molecule has 6 nitrogen and oxygen atoms in total. The number of aryl methyl sites for hydroxylation is 2. The Morgan fingerprint density at radius 2 is 2.05 bits per heavy atom. The molecule has 0 aliphatic carbocycles. The predicted octanol–water partition coefficient (Wildman–Crippen LogP) is 0.121. The first-order chi connectivity index (χ1) is 8.97. The number of β-amino-alcohol motifs (C(OH)–C–C–N with tert-alkyl or cyclic N) is 2. The molecule has 2 aromatic rings. The lowest BCUT2D eigenvalue weighted by molar-refractivity contribution is 0.0572. The summed E-state index contributed by atoms with van der Waals surface area (Å²) < 4.78 is 1.76. The Hall–Kier alpha value is -1.44. The summed E-state index contributed by atoms with van der Waals surface area (Å²) in [6.45, 7) is 2.28. The van der Waals surface area contributed by atoms with E-state index in [2.05, 4.69) is 5.10 Å². The molecule has 0 spiro atoms. The fourth-order valence-corrected chi connectivity index (χ4v) is 3.49. The summed E-state index contributed by atoms with van der Waals surface area (Å²) in [6, 6.07) is 1.84. The van der Waals surface area contributed by atoms with Gasteiger partial charge in [-0.1, -0.05) is 0 Å². The molecule has 0 unspecified atom stereocenters. The first-order valence-electron chi connectivity index (χ1n) is 6.06. The van der Waals surface area contributed by atoms with Gasteiger partial charge in [-0.25, -0.2) is 0 Å². The van der Waals surface area contributed by atoms with E-state index in [0.29, 0.717) is 4.88 Å². The number of aromatic nitrogens is 2. The van der Waals surface area contributed by atoms with Gasteiger partial charge in [0.1, 0.15) is 4.83 Å². The van der Waals surface area contributed by atoms with Gasteiger partial charge in [-0.15, -0.1) is 11.3 Å². The Kier molecular flexibility index (Phi) is 2.84. The van der Waals surface area contributed by atoms with Gasteiger partial charge in [0, 0.05) is 25.5 Å². The minimum absolute atomic E-state index is 0.142. The van der Waals surface area contributed by atoms with Crippen LogP contribution in [0.3, 0.4) is 0 Å². The summed E-state index contributed by atoms with van der Waals surface area (Å²) in [4.78, 5) is 15.4. The lowest BCUT2D eigenvalue weighted by Gasteiger charge is -2.13. The van der Waals surface area contributed by atoms with E-state index in [-0.39, 0.29) is 19.0 Å². The normalized spacial score (nSPS) is 23.5. The van der Waals surface area contributed by atoms with Gasteiger partial charge in [-0.3, -0.25) is 9.48 Å². The molecule has 2 N–H and O–H groups in total. The fraction of sp³-hybridized carbons (Fsp3) is 0.500. The van der Waals surface area contributed by atoms with Crippen molar-refractivity contribution in [2.75, 3.05) is 13.1 Å². The molecule has 3 heterocycles. The molecule has 0 aromatic carbocycles. The summed E-state index contributed by atoms with van der Waals surface area (Å²) in [5, 5.41) is 24.3. The molecule has 1 amide bonds. The Morgan fingerprint density at radius 3 is 2.63 bits per heavy atom. The van der Waals surface area contributed by atoms with E-state index < -0.39 is 12.2 Å². The first kappa shape index (κ1) is 12.6. The maximum Gasteiger partial charge on any atom is 0.264 e. The third-order valence-corrected chi connectivity index (χ3v) is 4.64. The molecule has 0 saturated carbocycles. The van der Waals surface area contributed by atoms with Crippen LogP contribution in [0.1, 0.15) is 15.4 Å². The number of carbonyl (C=O) groups is 1. The molecule has 102 valence electrons. The van der Waals surface area contributed by atoms with Crippen molar-refractivity contribution in [3.63, 3.8) is 0 Å². The summed E-state index contributed by atoms with van der Waals surface area (Å²) in [7, 11) is 1.85. The first-order valence-corrected chi connectivity index (χ1v) is 6.87. The van der Waals surface area contributed by atoms with E-state index >= 15 is 0 Å². The molecule has 3 rings (SSSR count). The van der Waals surface area contributed by atoms with Crippen LogP contribution < -0.4 is 0 Å². The maximum atomic E-state index is 12.3. The lowest BCUT2D eigenvalue weighted by atomic mass is 10.3. The number of nitrogens with zero attached hydrogens (tertiary/aromatic N) is 3. The molecule has 7 heteroatoms. The molecular weight excluding hydrogens is 266 g/mol. The maximum absolute atomic E-state index is 12.3. The zero-order valence-corrected chi connectivity index (χ0v) is 11.5. The van der Waals surface area contributed by atoms with Crippen molar-refractivity contribution in [1.29, 1.82) is 0 Å². The SMILES string of the molecule is Cc1nn(C)c2sc(C(=O)N3C[C@@H](O)[C@@H](O)C3)cc12. The smallest absolute Gasteiger partial charge is 0.264 e. The number of aliphatic hydroxyl groups is 2. The highest BCUT2D eigenvalue weighted by Gasteiger charge is 2.33. The quantitative estimate of drug-likeness (QED) is 0.778. The number of thiophene rings is 1. The number of carbonyl (C=O) groups excluding carboxylic acids is 1. The molecule has 0 bridgehead atoms. The second-order valence-corrected chi connectivity index (χ2v) is 5.91. The van der Waals surface area contributed by atoms with Crippen molar-refractivity contribution < 1.29 is 15.0 Å². The van der Waals surface area contributed by atoms with Gasteiger partial charge >= 0.3 is 0 Å². The monoisotopic (exact) mass is 281 g/mol. The van der Waals surface area contributed by atoms with Gasteiger partial charge in [0.25, 0.3) is 5.91 Å². The summed E-state index contributed by atoms with van der Waals surface area (Å²) in [6.07, 6.45) is -1.69. The molecular formula is C12H15N3O3S. The zero-order chi connectivity index (χ0) is 13.7. The van der Waals surface area contributed by atoms with Gasteiger partial charge in [-0.2, -0.15) is 5.10 Å². The lowest BCUT2D eigenvalue weighted by Crippen LogP contribution is -2.29. The highest BCUT2D eigenvalue weighted by Crippen LogP contribution is 2.29. The van der Waals surface area contributed by atoms with Crippen molar-refractivity contribution in [3.05, 3.63) is 16.6 Å². The van der Waals surface area contributed by atoms with E-state index in [1.807, 2.05) is 20.0 Å². The molecule has 2 aromatic heterocycles. The van der Waals surface area contributed by atoms with Crippen LogP contribution in [0.2, 0.25) is 0 Å². The summed E-state index contributed by atoms with van der Waals surface area (Å²) >= 11 is 1.39. The average molecular weight is 281 g/mol. The van der Waals surface area contributed by atoms with Gasteiger partial charge < -0.3 is 15.1 Å². The molecule has 1 saturated heterocycles. The average Bonchev–Trinajstić information content (AvgIpc) is 2.99. The van der Waals surface area contributed by atoms with E-state index in [4.69, 9.17) is 0 Å². The van der Waals surface area contributed by atoms with Crippen LogP contribution >= 0.6 is 11.3 Å². The zero-order valence-electron chi connectivity index (χ0n) is 10.7. The van der Waals surface area contributed by atoms with E-state index in [0.717, 1.165) is 15.9 Å². The van der Waals surface area contributed by atoms with E-state index in [9.17, 15) is 15.0 Å². The number of fused-ring (bicyclic) bond motifs is 1. The topological polar surface area (TPSA) is 78.6 Å². The van der Waals surface area contributed by atoms with Crippen LogP contribution in [0.5, 0.6) is 0 Å². The minimum Gasteiger partial charge on any atom is -0.388 e. The summed E-state index contributed by atoms with van der Waals surface area (Å²) in [5.41, 5.74) is 0.897. The third kappa shape index (κ3) is 1.94. The van der Waals surface area contributed by atoms with E-state index in [1.165, 1.54) is 16.2 Å². The number of likely N-dealkylation sites (tertiary alicyclic amines) is 1. The van der Waals surface area contributed by atoms with Crippen molar-refractivity contribution in [1.82, 2.24) is 14.7 Å². The van der Waals surface area contributed by atoms with Crippen LogP contribution in [0.15, 0.2) is 6.07 Å². The number of hydrogen-bond acceptors (Lipinski definition) is 5. The molecule has 0 radical (unpaired) electrons. The Morgan fingerprint density at radius 1 is 1.42 bits per heavy atom. The van der Waals surface area contributed by atoms with Crippen molar-refractivity contribution in [3.8, 4) is 0 Å². The summed E-state index contributed by atoms with van der Waals surface area (Å²) in [5.74, 6) is -0.142. The molecule has 1 fully saturated rings. The van der Waals surface area contributed by atoms with Crippen LogP contribution in [0, 0.1) is 6.92 Å². The highest BCUT2D eigenvalue weighted by atomic mass is 32.1. The number of rotatable bonds is 1. The van der Waals surface area contributed by atoms with Crippen molar-refractivity contribution >= 4 is 27.5 Å². The molecule has 1 aliphatic heterocycles. The standard InChI is InChI=1S/C12H15N3O3S/c1-6-7-3-10(19-12(7)14(2)13-6)11(18)15-4-8(16)9(17)5-15/h3,8-9,16-17H,4-5H2,1-2H3/t8-,9+. The second kappa shape index (κ2) is 4.29. The third-order valence-electron chi connectivity index (χ3n) is 3.45. The van der Waals surface area contributed by atoms with Crippen LogP contribution in [0.25, 0.3) is 10.2 Å². The number of hydrogen-bond donors (Lipinski definition) is 2. The largest absolute Gasteiger partial charge is 0.388 e. The van der Waals surface area contributed by atoms with Gasteiger partial charge in [0.15, 0.2) is 0 Å². The van der Waals surface area contributed by atoms with Gasteiger partial charge in [0.2, 0.25) is 0 Å². The van der Waals surface area contributed by atoms with Crippen molar-refractivity contribution in [2.24, 2.45) is 7.05 Å². The number of amides is 1. The molecule has 19 heavy (non-hydrogen) atoms.